The van der Waals surface area contributed by atoms with Crippen LogP contribution in [-0.4, -0.2) is 6.61 Å². The third-order valence-electron chi connectivity index (χ3n) is 2.29. The number of anilines is 1. The Hall–Kier alpha value is -1.42. The summed E-state index contributed by atoms with van der Waals surface area (Å²) in [6, 6.07) is 9.76. The zero-order valence-corrected chi connectivity index (χ0v) is 11.2. The monoisotopic (exact) mass is 295 g/mol. The summed E-state index contributed by atoms with van der Waals surface area (Å²) in [7, 11) is 0. The minimum Gasteiger partial charge on any atom is -0.494 e. The van der Waals surface area contributed by atoms with E-state index >= 15 is 0 Å². The summed E-state index contributed by atoms with van der Waals surface area (Å²) < 4.78 is 11.7. The van der Waals surface area contributed by atoms with E-state index < -0.39 is 0 Å². The minimum atomic E-state index is 0.642. The van der Waals surface area contributed by atoms with Gasteiger partial charge in [0.15, 0.2) is 0 Å². The first-order chi connectivity index (χ1) is 8.29. The molecule has 0 saturated carbocycles. The third kappa shape index (κ3) is 3.27. The number of nitrogens with one attached hydrogen (secondary N) is 1. The van der Waals surface area contributed by atoms with Crippen molar-refractivity contribution in [1.82, 2.24) is 0 Å². The average molecular weight is 296 g/mol. The van der Waals surface area contributed by atoms with Gasteiger partial charge in [-0.05, 0) is 41.1 Å². The highest BCUT2D eigenvalue weighted by atomic mass is 79.9. The van der Waals surface area contributed by atoms with Crippen molar-refractivity contribution >= 4 is 21.6 Å². The molecule has 4 heteroatoms. The van der Waals surface area contributed by atoms with Gasteiger partial charge in [-0.1, -0.05) is 6.07 Å². The second-order valence-electron chi connectivity index (χ2n) is 3.51. The highest BCUT2D eigenvalue weighted by Crippen LogP contribution is 2.21. The van der Waals surface area contributed by atoms with Gasteiger partial charge in [0.05, 0.1) is 23.9 Å². The first-order valence-electron chi connectivity index (χ1n) is 5.48. The molecule has 1 aromatic carbocycles. The van der Waals surface area contributed by atoms with Crippen molar-refractivity contribution in [1.29, 1.82) is 0 Å². The summed E-state index contributed by atoms with van der Waals surface area (Å²) in [5, 5.41) is 3.28. The lowest BCUT2D eigenvalue weighted by Gasteiger charge is -2.07. The SMILES string of the molecule is CCOc1cccc(NCc2occc2Br)c1. The van der Waals surface area contributed by atoms with Crippen LogP contribution in [0.25, 0.3) is 0 Å². The van der Waals surface area contributed by atoms with Gasteiger partial charge in [-0.15, -0.1) is 0 Å². The number of furan rings is 1. The molecule has 3 nitrogen and oxygen atoms in total. The van der Waals surface area contributed by atoms with Crippen LogP contribution in [0.15, 0.2) is 45.5 Å². The molecule has 2 rings (SSSR count). The fourth-order valence-corrected chi connectivity index (χ4v) is 1.84. The lowest BCUT2D eigenvalue weighted by atomic mass is 10.3. The Balaban J connectivity index is 1.99. The summed E-state index contributed by atoms with van der Waals surface area (Å²) in [6.07, 6.45) is 1.66. The van der Waals surface area contributed by atoms with E-state index in [9.17, 15) is 0 Å². The summed E-state index contributed by atoms with van der Waals surface area (Å²) >= 11 is 3.42. The molecule has 0 unspecified atom stereocenters. The average Bonchev–Trinajstić information content (AvgIpc) is 2.73. The molecule has 0 aliphatic heterocycles. The highest BCUT2D eigenvalue weighted by molar-refractivity contribution is 9.10. The van der Waals surface area contributed by atoms with Crippen LogP contribution < -0.4 is 10.1 Å². The molecule has 17 heavy (non-hydrogen) atoms. The maximum Gasteiger partial charge on any atom is 0.136 e. The molecule has 0 spiro atoms. The summed E-state index contributed by atoms with van der Waals surface area (Å²) in [4.78, 5) is 0. The van der Waals surface area contributed by atoms with Crippen molar-refractivity contribution in [2.45, 2.75) is 13.5 Å². The second-order valence-corrected chi connectivity index (χ2v) is 4.36. The standard InChI is InChI=1S/C13H14BrNO2/c1-2-16-11-5-3-4-10(8-11)15-9-13-12(14)6-7-17-13/h3-8,15H,2,9H2,1H3. The zero-order chi connectivity index (χ0) is 12.1. The molecule has 0 fully saturated rings. The van der Waals surface area contributed by atoms with E-state index in [1.165, 1.54) is 0 Å². The first-order valence-corrected chi connectivity index (χ1v) is 6.27. The van der Waals surface area contributed by atoms with Crippen LogP contribution in [0.2, 0.25) is 0 Å². The summed E-state index contributed by atoms with van der Waals surface area (Å²) in [5.41, 5.74) is 1.01. The fourth-order valence-electron chi connectivity index (χ4n) is 1.50. The lowest BCUT2D eigenvalue weighted by Crippen LogP contribution is -1.99. The highest BCUT2D eigenvalue weighted by Gasteiger charge is 2.03. The van der Waals surface area contributed by atoms with Gasteiger partial charge in [0.25, 0.3) is 0 Å². The van der Waals surface area contributed by atoms with Crippen molar-refractivity contribution in [3.05, 3.63) is 46.8 Å². The number of ether oxygens (including phenoxy) is 1. The van der Waals surface area contributed by atoms with Gasteiger partial charge in [-0.3, -0.25) is 0 Å². The Labute approximate surface area is 109 Å². The van der Waals surface area contributed by atoms with Gasteiger partial charge in [0, 0.05) is 11.8 Å². The first kappa shape index (κ1) is 12.0. The van der Waals surface area contributed by atoms with Crippen molar-refractivity contribution in [3.8, 4) is 5.75 Å². The van der Waals surface area contributed by atoms with Gasteiger partial charge in [0.2, 0.25) is 0 Å². The Bertz CT molecular complexity index is 482. The van der Waals surface area contributed by atoms with Crippen LogP contribution in [0.3, 0.4) is 0 Å². The maximum atomic E-state index is 5.43. The smallest absolute Gasteiger partial charge is 0.136 e. The number of hydrogen-bond donors (Lipinski definition) is 1. The second kappa shape index (κ2) is 5.77. The van der Waals surface area contributed by atoms with E-state index in [-0.39, 0.29) is 0 Å². The maximum absolute atomic E-state index is 5.43. The van der Waals surface area contributed by atoms with E-state index in [0.29, 0.717) is 13.2 Å². The molecular formula is C13H14BrNO2. The number of hydrogen-bond acceptors (Lipinski definition) is 3. The molecule has 1 aromatic heterocycles. The van der Waals surface area contributed by atoms with Crippen LogP contribution in [0.1, 0.15) is 12.7 Å². The van der Waals surface area contributed by atoms with Gasteiger partial charge in [-0.25, -0.2) is 0 Å². The van der Waals surface area contributed by atoms with Crippen LogP contribution in [-0.2, 0) is 6.54 Å². The van der Waals surface area contributed by atoms with Crippen LogP contribution >= 0.6 is 15.9 Å². The Morgan fingerprint density at radius 3 is 2.94 bits per heavy atom. The molecule has 0 aliphatic carbocycles. The Kier molecular flexibility index (Phi) is 4.09. The molecular weight excluding hydrogens is 282 g/mol. The molecule has 0 bridgehead atoms. The molecule has 0 atom stereocenters. The predicted octanol–water partition coefficient (Wildman–Crippen LogP) is 4.05. The molecule has 0 aliphatic rings. The fraction of sp³-hybridized carbons (Fsp3) is 0.231. The lowest BCUT2D eigenvalue weighted by molar-refractivity contribution is 0.340. The van der Waals surface area contributed by atoms with E-state index in [1.807, 2.05) is 37.3 Å². The van der Waals surface area contributed by atoms with Crippen molar-refractivity contribution in [2.24, 2.45) is 0 Å². The largest absolute Gasteiger partial charge is 0.494 e. The van der Waals surface area contributed by atoms with E-state index in [4.69, 9.17) is 9.15 Å². The summed E-state index contributed by atoms with van der Waals surface area (Å²) in [6.45, 7) is 3.29. The molecule has 90 valence electrons. The zero-order valence-electron chi connectivity index (χ0n) is 9.57. The van der Waals surface area contributed by atoms with Crippen molar-refractivity contribution in [3.63, 3.8) is 0 Å². The number of halogens is 1. The summed E-state index contributed by atoms with van der Waals surface area (Å²) in [5.74, 6) is 1.75. The van der Waals surface area contributed by atoms with Gasteiger partial charge < -0.3 is 14.5 Å². The van der Waals surface area contributed by atoms with Gasteiger partial charge >= 0.3 is 0 Å². The van der Waals surface area contributed by atoms with Gasteiger partial charge in [-0.2, -0.15) is 0 Å². The van der Waals surface area contributed by atoms with E-state index in [1.54, 1.807) is 6.26 Å². The Morgan fingerprint density at radius 2 is 2.24 bits per heavy atom. The van der Waals surface area contributed by atoms with E-state index in [0.717, 1.165) is 21.7 Å². The van der Waals surface area contributed by atoms with Crippen LogP contribution in [0, 0.1) is 0 Å². The normalized spacial score (nSPS) is 10.2. The van der Waals surface area contributed by atoms with E-state index in [2.05, 4.69) is 21.2 Å². The number of benzene rings is 1. The van der Waals surface area contributed by atoms with Crippen molar-refractivity contribution < 1.29 is 9.15 Å². The molecule has 1 heterocycles. The topological polar surface area (TPSA) is 34.4 Å². The molecule has 1 N–H and O–H groups in total. The quantitative estimate of drug-likeness (QED) is 0.903. The van der Waals surface area contributed by atoms with Crippen LogP contribution in [0.5, 0.6) is 5.75 Å². The molecule has 0 amide bonds. The predicted molar refractivity (Wildman–Crippen MR) is 71.3 cm³/mol. The van der Waals surface area contributed by atoms with Gasteiger partial charge in [0.1, 0.15) is 11.5 Å². The molecule has 0 saturated heterocycles. The molecule has 0 radical (unpaired) electrons. The molecule has 2 aromatic rings. The van der Waals surface area contributed by atoms with Crippen molar-refractivity contribution in [2.75, 3.05) is 11.9 Å². The number of rotatable bonds is 5. The minimum absolute atomic E-state index is 0.642. The Morgan fingerprint density at radius 1 is 1.35 bits per heavy atom. The third-order valence-corrected chi connectivity index (χ3v) is 3.00. The van der Waals surface area contributed by atoms with Crippen LogP contribution in [0.4, 0.5) is 5.69 Å².